The molecule has 1 fully saturated rings. The van der Waals surface area contributed by atoms with E-state index < -0.39 is 9.84 Å². The molecule has 3 rings (SSSR count). The van der Waals surface area contributed by atoms with Gasteiger partial charge in [0.15, 0.2) is 11.6 Å². The van der Waals surface area contributed by atoms with Crippen LogP contribution >= 0.6 is 0 Å². The fourth-order valence-corrected chi connectivity index (χ4v) is 5.08. The summed E-state index contributed by atoms with van der Waals surface area (Å²) in [5.74, 6) is 1.80. The highest BCUT2D eigenvalue weighted by molar-refractivity contribution is 7.90. The lowest BCUT2D eigenvalue weighted by Gasteiger charge is -2.18. The molecule has 0 N–H and O–H groups in total. The summed E-state index contributed by atoms with van der Waals surface area (Å²) in [5, 5.41) is 0. The molecule has 2 aromatic rings. The topological polar surface area (TPSA) is 43.4 Å². The molecule has 0 saturated heterocycles. The molecular weight excluding hydrogens is 387 g/mol. The largest absolute Gasteiger partial charge is 0.494 e. The van der Waals surface area contributed by atoms with Crippen LogP contribution in [0.3, 0.4) is 0 Å². The first kappa shape index (κ1) is 21.8. The van der Waals surface area contributed by atoms with Gasteiger partial charge in [-0.25, -0.2) is 12.8 Å². The smallest absolute Gasteiger partial charge is 0.165 e. The lowest BCUT2D eigenvalue weighted by molar-refractivity contribution is 0.384. The van der Waals surface area contributed by atoms with Gasteiger partial charge in [-0.05, 0) is 78.7 Å². The Kier molecular flexibility index (Phi) is 6.99. The van der Waals surface area contributed by atoms with Crippen molar-refractivity contribution in [2.75, 3.05) is 19.1 Å². The zero-order valence-electron chi connectivity index (χ0n) is 17.5. The Balaban J connectivity index is 1.56. The predicted octanol–water partition coefficient (Wildman–Crippen LogP) is 5.50. The Morgan fingerprint density at radius 1 is 1.14 bits per heavy atom. The van der Waals surface area contributed by atoms with Crippen LogP contribution < -0.4 is 4.74 Å². The fraction of sp³-hybridized carbons (Fsp3) is 0.500. The first-order valence-electron chi connectivity index (χ1n) is 10.3. The van der Waals surface area contributed by atoms with E-state index >= 15 is 0 Å². The molecular formula is C24H31FO3S. The zero-order valence-corrected chi connectivity index (χ0v) is 18.3. The van der Waals surface area contributed by atoms with E-state index in [0.29, 0.717) is 29.9 Å². The van der Waals surface area contributed by atoms with E-state index in [0.717, 1.165) is 17.5 Å². The molecule has 2 aromatic carbocycles. The summed E-state index contributed by atoms with van der Waals surface area (Å²) < 4.78 is 41.4. The SMILES string of the molecule is COc1cc([C@@H](C)CC2CCC(c3ccc(CCS(C)(=O)=O)cc3)C2)ccc1F. The van der Waals surface area contributed by atoms with Crippen molar-refractivity contribution in [1.29, 1.82) is 0 Å². The average Bonchev–Trinajstić information content (AvgIpc) is 3.15. The van der Waals surface area contributed by atoms with Gasteiger partial charge >= 0.3 is 0 Å². The van der Waals surface area contributed by atoms with Crippen molar-refractivity contribution in [1.82, 2.24) is 0 Å². The molecule has 2 unspecified atom stereocenters. The number of aryl methyl sites for hydroxylation is 1. The van der Waals surface area contributed by atoms with Crippen LogP contribution in [0.15, 0.2) is 42.5 Å². The summed E-state index contributed by atoms with van der Waals surface area (Å²) in [7, 11) is -1.42. The number of benzene rings is 2. The second-order valence-electron chi connectivity index (χ2n) is 8.53. The number of hydrogen-bond donors (Lipinski definition) is 0. The Hall–Kier alpha value is -1.88. The molecule has 0 aromatic heterocycles. The van der Waals surface area contributed by atoms with Crippen molar-refractivity contribution in [2.45, 2.75) is 50.9 Å². The third-order valence-electron chi connectivity index (χ3n) is 6.18. The maximum atomic E-state index is 13.7. The van der Waals surface area contributed by atoms with Gasteiger partial charge in [0.05, 0.1) is 12.9 Å². The molecule has 29 heavy (non-hydrogen) atoms. The number of sulfone groups is 1. The fourth-order valence-electron chi connectivity index (χ4n) is 4.47. The van der Waals surface area contributed by atoms with Gasteiger partial charge < -0.3 is 4.74 Å². The summed E-state index contributed by atoms with van der Waals surface area (Å²) in [4.78, 5) is 0. The maximum Gasteiger partial charge on any atom is 0.165 e. The predicted molar refractivity (Wildman–Crippen MR) is 116 cm³/mol. The van der Waals surface area contributed by atoms with E-state index in [1.807, 2.05) is 12.1 Å². The molecule has 3 atom stereocenters. The van der Waals surface area contributed by atoms with Gasteiger partial charge in [-0.2, -0.15) is 0 Å². The van der Waals surface area contributed by atoms with E-state index in [1.165, 1.54) is 44.3 Å². The number of hydrogen-bond acceptors (Lipinski definition) is 3. The Bertz CT molecular complexity index is 922. The molecule has 0 aliphatic heterocycles. The minimum absolute atomic E-state index is 0.198. The van der Waals surface area contributed by atoms with E-state index in [1.54, 1.807) is 0 Å². The maximum absolute atomic E-state index is 13.7. The van der Waals surface area contributed by atoms with Gasteiger partial charge in [0.2, 0.25) is 0 Å². The van der Waals surface area contributed by atoms with Crippen molar-refractivity contribution >= 4 is 9.84 Å². The molecule has 0 spiro atoms. The molecule has 0 amide bonds. The van der Waals surface area contributed by atoms with E-state index in [-0.39, 0.29) is 11.6 Å². The van der Waals surface area contributed by atoms with Gasteiger partial charge in [-0.15, -0.1) is 0 Å². The van der Waals surface area contributed by atoms with Crippen molar-refractivity contribution in [3.8, 4) is 5.75 Å². The number of halogens is 1. The second kappa shape index (κ2) is 9.29. The van der Waals surface area contributed by atoms with Crippen molar-refractivity contribution in [2.24, 2.45) is 5.92 Å². The monoisotopic (exact) mass is 418 g/mol. The third-order valence-corrected chi connectivity index (χ3v) is 7.13. The molecule has 158 valence electrons. The summed E-state index contributed by atoms with van der Waals surface area (Å²) in [6, 6.07) is 13.7. The molecule has 1 saturated carbocycles. The third kappa shape index (κ3) is 6.05. The van der Waals surface area contributed by atoms with Crippen LogP contribution in [-0.4, -0.2) is 27.5 Å². The molecule has 5 heteroatoms. The first-order valence-corrected chi connectivity index (χ1v) is 12.4. The van der Waals surface area contributed by atoms with Crippen molar-refractivity contribution in [3.63, 3.8) is 0 Å². The van der Waals surface area contributed by atoms with Gasteiger partial charge in [0, 0.05) is 6.26 Å². The Morgan fingerprint density at radius 3 is 2.52 bits per heavy atom. The molecule has 0 bridgehead atoms. The van der Waals surface area contributed by atoms with Crippen LogP contribution in [0, 0.1) is 11.7 Å². The standard InChI is InChI=1S/C24H31FO3S/c1-17(21-10-11-23(25)24(16-21)28-2)14-19-6-9-22(15-19)20-7-4-18(5-8-20)12-13-29(3,26)27/h4-5,7-8,10-11,16-17,19,22H,6,9,12-15H2,1-3H3/t17-,19?,22?/m0/s1. The first-order chi connectivity index (χ1) is 13.7. The lowest BCUT2D eigenvalue weighted by atomic mass is 9.88. The minimum atomic E-state index is -2.93. The van der Waals surface area contributed by atoms with Crippen LogP contribution in [0.5, 0.6) is 5.75 Å². The summed E-state index contributed by atoms with van der Waals surface area (Å²) in [5.41, 5.74) is 3.56. The van der Waals surface area contributed by atoms with E-state index in [9.17, 15) is 12.8 Å². The lowest BCUT2D eigenvalue weighted by Crippen LogP contribution is -2.06. The van der Waals surface area contributed by atoms with Gasteiger partial charge in [-0.3, -0.25) is 0 Å². The molecule has 0 radical (unpaired) electrons. The van der Waals surface area contributed by atoms with Gasteiger partial charge in [0.25, 0.3) is 0 Å². The van der Waals surface area contributed by atoms with Crippen LogP contribution in [-0.2, 0) is 16.3 Å². The van der Waals surface area contributed by atoms with Crippen molar-refractivity contribution < 1.29 is 17.5 Å². The normalized spacial score (nSPS) is 20.6. The minimum Gasteiger partial charge on any atom is -0.494 e. The summed E-state index contributed by atoms with van der Waals surface area (Å²) in [6.45, 7) is 2.20. The van der Waals surface area contributed by atoms with Gasteiger partial charge in [-0.1, -0.05) is 37.3 Å². The Morgan fingerprint density at radius 2 is 1.86 bits per heavy atom. The highest BCUT2D eigenvalue weighted by atomic mass is 32.2. The van der Waals surface area contributed by atoms with Crippen LogP contribution in [0.4, 0.5) is 4.39 Å². The van der Waals surface area contributed by atoms with E-state index in [2.05, 4.69) is 31.2 Å². The molecule has 1 aliphatic rings. The molecule has 0 heterocycles. The highest BCUT2D eigenvalue weighted by Gasteiger charge is 2.27. The molecule has 3 nitrogen and oxygen atoms in total. The quantitative estimate of drug-likeness (QED) is 0.569. The van der Waals surface area contributed by atoms with Gasteiger partial charge in [0.1, 0.15) is 9.84 Å². The van der Waals surface area contributed by atoms with Crippen LogP contribution in [0.25, 0.3) is 0 Å². The summed E-state index contributed by atoms with van der Waals surface area (Å²) >= 11 is 0. The highest BCUT2D eigenvalue weighted by Crippen LogP contribution is 2.42. The number of methoxy groups -OCH3 is 1. The number of ether oxygens (including phenoxy) is 1. The second-order valence-corrected chi connectivity index (χ2v) is 10.8. The van der Waals surface area contributed by atoms with Crippen LogP contribution in [0.2, 0.25) is 0 Å². The van der Waals surface area contributed by atoms with Crippen LogP contribution in [0.1, 0.15) is 61.1 Å². The molecule has 1 aliphatic carbocycles. The summed E-state index contributed by atoms with van der Waals surface area (Å²) in [6.07, 6.45) is 6.52. The zero-order chi connectivity index (χ0) is 21.0. The van der Waals surface area contributed by atoms with E-state index in [4.69, 9.17) is 4.74 Å². The Labute approximate surface area is 174 Å². The van der Waals surface area contributed by atoms with Crippen molar-refractivity contribution in [3.05, 3.63) is 65.0 Å². The average molecular weight is 419 g/mol. The number of rotatable bonds is 8.